The van der Waals surface area contributed by atoms with E-state index in [1.807, 2.05) is 93.9 Å². The maximum Gasteiger partial charge on any atom is 0.164 e. The van der Waals surface area contributed by atoms with Crippen LogP contribution in [0.25, 0.3) is 317 Å². The van der Waals surface area contributed by atoms with E-state index in [0.29, 0.717) is 17.5 Å². The Kier molecular flexibility index (Phi) is 19.5. The van der Waals surface area contributed by atoms with Crippen LogP contribution < -0.4 is 0 Å². The number of fused-ring (bicyclic) bond motifs is 41. The van der Waals surface area contributed by atoms with Crippen LogP contribution in [0.2, 0.25) is 0 Å². The average Bonchev–Trinajstić information content (AvgIpc) is 1.57. The van der Waals surface area contributed by atoms with Crippen LogP contribution in [0.15, 0.2) is 485 Å². The molecule has 7 heterocycles. The topological polar surface area (TPSA) is 69.4 Å². The van der Waals surface area contributed by atoms with E-state index in [9.17, 15) is 0 Å². The van der Waals surface area contributed by atoms with Crippen molar-refractivity contribution in [1.82, 2.24) is 29.5 Å². The third kappa shape index (κ3) is 13.6. The smallest absolute Gasteiger partial charge is 0.164 e. The minimum atomic E-state index is 0.667. The van der Waals surface area contributed by atoms with Crippen LogP contribution in [0.5, 0.6) is 0 Å². The fourth-order valence-corrected chi connectivity index (χ4v) is 28.9. The third-order valence-electron chi connectivity index (χ3n) is 30.7. The first kappa shape index (κ1) is 85.1. The molecule has 0 unspecified atom stereocenters. The lowest BCUT2D eigenvalue weighted by atomic mass is 9.90. The molecule has 0 bridgehead atoms. The summed E-state index contributed by atoms with van der Waals surface area (Å²) in [4.78, 5) is 25.6. The van der Waals surface area contributed by atoms with Gasteiger partial charge in [-0.1, -0.05) is 400 Å². The molecule has 0 N–H and O–H groups in total. The molecule has 6 nitrogen and oxygen atoms in total. The molecule has 0 radical (unpaired) electrons. The van der Waals surface area contributed by atoms with Crippen molar-refractivity contribution in [1.29, 1.82) is 0 Å². The van der Waals surface area contributed by atoms with Gasteiger partial charge in [0, 0.05) is 136 Å². The zero-order valence-corrected chi connectivity index (χ0v) is 83.3. The molecule has 0 atom stereocenters. The van der Waals surface area contributed by atoms with E-state index >= 15 is 0 Å². The predicted molar refractivity (Wildman–Crippen MR) is 642 cm³/mol. The van der Waals surface area contributed by atoms with Crippen molar-refractivity contribution >= 4 is 277 Å². The fourth-order valence-electron chi connectivity index (χ4n) is 24.1. The number of nitrogens with zero attached hydrogens (tertiary/aromatic N) is 6. The molecule has 690 valence electrons. The van der Waals surface area contributed by atoms with E-state index in [1.54, 1.807) is 0 Å². The quantitative estimate of drug-likeness (QED) is 0.142. The number of thiophene rings is 4. The van der Waals surface area contributed by atoms with Crippen molar-refractivity contribution in [3.63, 3.8) is 0 Å². The zero-order chi connectivity index (χ0) is 97.6. The molecule has 0 aliphatic carbocycles. The Morgan fingerprint density at radius 3 is 0.973 bits per heavy atom. The van der Waals surface area contributed by atoms with Gasteiger partial charge in [0.05, 0.1) is 22.4 Å². The minimum absolute atomic E-state index is 0.667. The van der Waals surface area contributed by atoms with Gasteiger partial charge in [-0.25, -0.2) is 24.9 Å². The summed E-state index contributed by atoms with van der Waals surface area (Å²) in [6.45, 7) is 0. The number of benzene rings is 26. The Bertz CT molecular complexity index is 11200. The van der Waals surface area contributed by atoms with Crippen LogP contribution in [0.1, 0.15) is 0 Å². The summed E-state index contributed by atoms with van der Waals surface area (Å²) in [5.41, 5.74) is 14.2. The normalized spacial score (nSPS) is 12.0. The lowest BCUT2D eigenvalue weighted by molar-refractivity contribution is 1.08. The molecule has 0 saturated carbocycles. The van der Waals surface area contributed by atoms with Gasteiger partial charge in [-0.2, -0.15) is 0 Å². The Labute approximate surface area is 869 Å². The fraction of sp³-hybridized carbons (Fsp3) is 0. The molecule has 26 aromatic carbocycles. The van der Waals surface area contributed by atoms with Crippen LogP contribution in [0.4, 0.5) is 0 Å². The Morgan fingerprint density at radius 2 is 0.463 bits per heavy atom. The lowest BCUT2D eigenvalue weighted by Crippen LogP contribution is -2.00. The van der Waals surface area contributed by atoms with Crippen LogP contribution >= 0.6 is 45.3 Å². The lowest BCUT2D eigenvalue weighted by Gasteiger charge is -2.13. The number of rotatable bonds is 8. The first-order chi connectivity index (χ1) is 73.9. The minimum Gasteiger partial charge on any atom is -0.309 e. The monoisotopic (exact) mass is 1960 g/mol. The number of hydrogen-bond acceptors (Lipinski definition) is 9. The van der Waals surface area contributed by atoms with Gasteiger partial charge in [0.25, 0.3) is 0 Å². The van der Waals surface area contributed by atoms with Crippen molar-refractivity contribution < 1.29 is 0 Å². The van der Waals surface area contributed by atoms with Crippen molar-refractivity contribution in [3.05, 3.63) is 485 Å². The summed E-state index contributed by atoms with van der Waals surface area (Å²) in [6, 6.07) is 176. The highest BCUT2D eigenvalue weighted by Crippen LogP contribution is 2.54. The Morgan fingerprint density at radius 1 is 0.141 bits per heavy atom. The first-order valence-electron chi connectivity index (χ1n) is 50.5. The van der Waals surface area contributed by atoms with Gasteiger partial charge in [0.1, 0.15) is 0 Å². The molecule has 149 heavy (non-hydrogen) atoms. The SMILES string of the molecule is c1ccc(-c2cc(-c3ccccc3)nc(-c3cc4sc5ccc6c7ccccc7c7ccccc7c6c5c4c4ccccc34)n2)cc1.c1ccc(-c2nc(-c3ccccc3)nc(-c3cc4sc5cc6c7ccccc7c7ccccc7c6cc5c4c4ccccc34)n2)cc1.c1ccc2c(c1)c(-c1ccc3sc4ccc(-n5c6ccccc6c6ccccc65)cc4c3c1)cc1sc3c(ccc4c5ccccc5c5ccccc5c43)c12. The van der Waals surface area contributed by atoms with Gasteiger partial charge in [-0.05, 0) is 220 Å². The molecule has 0 fully saturated rings. The van der Waals surface area contributed by atoms with Crippen molar-refractivity contribution in [2.45, 2.75) is 0 Å². The van der Waals surface area contributed by atoms with Crippen LogP contribution in [0.3, 0.4) is 0 Å². The van der Waals surface area contributed by atoms with E-state index in [-0.39, 0.29) is 0 Å². The maximum atomic E-state index is 5.23. The van der Waals surface area contributed by atoms with Gasteiger partial charge in [-0.15, -0.1) is 45.3 Å². The molecule has 0 aliphatic rings. The van der Waals surface area contributed by atoms with Crippen LogP contribution in [0, 0.1) is 0 Å². The van der Waals surface area contributed by atoms with Gasteiger partial charge in [-0.3, -0.25) is 0 Å². The van der Waals surface area contributed by atoms with Crippen molar-refractivity contribution in [2.24, 2.45) is 0 Å². The number of hydrogen-bond donors (Lipinski definition) is 0. The van der Waals surface area contributed by atoms with Gasteiger partial charge >= 0.3 is 0 Å². The molecule has 0 spiro atoms. The predicted octanol–water partition coefficient (Wildman–Crippen LogP) is 40.1. The second-order valence-corrected chi connectivity index (χ2v) is 43.1. The number of para-hydroxylation sites is 2. The zero-order valence-electron chi connectivity index (χ0n) is 80.0. The highest BCUT2D eigenvalue weighted by Gasteiger charge is 2.27. The van der Waals surface area contributed by atoms with E-state index in [4.69, 9.17) is 24.9 Å². The summed E-state index contributed by atoms with van der Waals surface area (Å²) in [5, 5.41) is 43.9. The molecule has 0 saturated heterocycles. The average molecular weight is 1960 g/mol. The third-order valence-corrected chi connectivity index (χ3v) is 35.2. The van der Waals surface area contributed by atoms with Crippen LogP contribution in [-0.4, -0.2) is 29.5 Å². The largest absolute Gasteiger partial charge is 0.309 e. The van der Waals surface area contributed by atoms with Crippen LogP contribution in [-0.2, 0) is 0 Å². The Balaban J connectivity index is 0.000000101. The summed E-state index contributed by atoms with van der Waals surface area (Å²) in [6.07, 6.45) is 0. The van der Waals surface area contributed by atoms with Crippen molar-refractivity contribution in [3.8, 4) is 84.9 Å². The Hall–Kier alpha value is -18.4. The molecular formula is C139H80N6S4. The highest BCUT2D eigenvalue weighted by atomic mass is 32.1. The molecule has 33 aromatic rings. The van der Waals surface area contributed by atoms with E-state index in [2.05, 4.69) is 441 Å². The van der Waals surface area contributed by atoms with E-state index in [1.165, 1.54) is 238 Å². The second-order valence-electron chi connectivity index (χ2n) is 38.8. The van der Waals surface area contributed by atoms with Gasteiger partial charge in [0.15, 0.2) is 23.3 Å². The molecule has 7 aromatic heterocycles. The number of aromatic nitrogens is 6. The van der Waals surface area contributed by atoms with E-state index < -0.39 is 0 Å². The van der Waals surface area contributed by atoms with Gasteiger partial charge < -0.3 is 4.57 Å². The van der Waals surface area contributed by atoms with Crippen molar-refractivity contribution in [2.75, 3.05) is 0 Å². The summed E-state index contributed by atoms with van der Waals surface area (Å²) < 4.78 is 12.8. The highest BCUT2D eigenvalue weighted by molar-refractivity contribution is 7.28. The molecule has 0 amide bonds. The second kappa shape index (κ2) is 34.1. The van der Waals surface area contributed by atoms with E-state index in [0.717, 1.165) is 61.4 Å². The van der Waals surface area contributed by atoms with Gasteiger partial charge in [0.2, 0.25) is 0 Å². The summed E-state index contributed by atoms with van der Waals surface area (Å²) in [7, 11) is 0. The molecule has 0 aliphatic heterocycles. The molecular weight excluding hydrogens is 1880 g/mol. The maximum absolute atomic E-state index is 5.23. The summed E-state index contributed by atoms with van der Waals surface area (Å²) in [5.74, 6) is 2.75. The summed E-state index contributed by atoms with van der Waals surface area (Å²) >= 11 is 7.53. The first-order valence-corrected chi connectivity index (χ1v) is 53.8. The molecule has 33 rings (SSSR count). The standard InChI is InChI=1S/C52H29NS2.C44H26N2S.C43H25N3S/c1-2-13-34-32(11-1)33-12-3-6-18-39(33)51-40(34)23-24-41-50-38-17-5-4-14-35(38)42(29-49(50)55-52(41)51)30-21-25-47-43(27-30)44-28-31(22-26-48(44)54-47)53-45-19-9-7-15-36(45)37-16-8-10-20-46(37)53;1-3-13-27(14-4-1)37-26-38(28-15-5-2-6-16-28)46-44(45-37)36-25-40-42(34-22-12-10-20-32(34)36)43-39(47-40)24-23-35-31-19-8-7-17-29(31)30-18-9-11-21-33(30)41(35)43;1-3-13-26(14-4-1)41-44-42(27-15-5-2-6-16-27)46-43(45-41)36-25-39-40(33-22-12-11-21-32(33)36)37-23-34-30-19-9-7-17-28(30)29-18-8-10-20-31(29)35(34)24-38(37)47-39/h1-29H;1-26H;1-25H. The molecule has 10 heteroatoms.